The first-order valence-corrected chi connectivity index (χ1v) is 8.61. The number of ether oxygens (including phenoxy) is 1. The van der Waals surface area contributed by atoms with E-state index in [1.165, 1.54) is 0 Å². The summed E-state index contributed by atoms with van der Waals surface area (Å²) >= 11 is 6.09. The van der Waals surface area contributed by atoms with E-state index >= 15 is 0 Å². The summed E-state index contributed by atoms with van der Waals surface area (Å²) in [6.45, 7) is 0.759. The molecule has 0 aliphatic rings. The Morgan fingerprint density at radius 3 is 2.54 bits per heavy atom. The molecule has 5 heteroatoms. The predicted molar refractivity (Wildman–Crippen MR) is 104 cm³/mol. The maximum atomic E-state index is 12.7. The molecule has 0 amide bonds. The highest BCUT2D eigenvalue weighted by Crippen LogP contribution is 2.18. The first-order chi connectivity index (χ1) is 12.7. The second-order valence-corrected chi connectivity index (χ2v) is 6.26. The zero-order valence-electron chi connectivity index (χ0n) is 14.4. The molecule has 0 N–H and O–H groups in total. The number of rotatable bonds is 7. The number of carbonyl (C=O) groups excluding carboxylic acids is 1. The van der Waals surface area contributed by atoms with Crippen LogP contribution in [0.4, 0.5) is 5.82 Å². The largest absolute Gasteiger partial charge is 0.497 e. The zero-order chi connectivity index (χ0) is 18.4. The molecule has 0 aliphatic carbocycles. The number of halogens is 1. The number of benzene rings is 2. The average molecular weight is 367 g/mol. The molecular formula is C21H19ClN2O2. The van der Waals surface area contributed by atoms with Gasteiger partial charge in [-0.2, -0.15) is 0 Å². The molecular weight excluding hydrogens is 348 g/mol. The summed E-state index contributed by atoms with van der Waals surface area (Å²) in [6.07, 6.45) is 1.72. The molecule has 1 aromatic heterocycles. The fraction of sp³-hybridized carbons (Fsp3) is 0.143. The third kappa shape index (κ3) is 4.61. The number of hydrogen-bond donors (Lipinski definition) is 0. The van der Waals surface area contributed by atoms with E-state index in [0.717, 1.165) is 17.1 Å². The maximum absolute atomic E-state index is 12.7. The third-order valence-corrected chi connectivity index (χ3v) is 4.22. The molecule has 0 bridgehead atoms. The summed E-state index contributed by atoms with van der Waals surface area (Å²) in [6, 6.07) is 20.4. The number of ketones is 1. The molecule has 0 radical (unpaired) electrons. The highest BCUT2D eigenvalue weighted by atomic mass is 35.5. The van der Waals surface area contributed by atoms with Crippen molar-refractivity contribution in [1.29, 1.82) is 0 Å². The van der Waals surface area contributed by atoms with E-state index in [1.54, 1.807) is 37.6 Å². The molecule has 0 atom stereocenters. The highest BCUT2D eigenvalue weighted by molar-refractivity contribution is 6.30. The lowest BCUT2D eigenvalue weighted by molar-refractivity contribution is 0.0998. The predicted octanol–water partition coefficient (Wildman–Crippen LogP) is 4.63. The Balaban J connectivity index is 1.82. The van der Waals surface area contributed by atoms with Crippen molar-refractivity contribution >= 4 is 23.2 Å². The SMILES string of the molecule is COc1ccc(C(=O)CN(Cc2cccc(Cl)c2)c2ccccn2)cc1. The van der Waals surface area contributed by atoms with Gasteiger partial charge < -0.3 is 9.64 Å². The van der Waals surface area contributed by atoms with Crippen LogP contribution in [0.3, 0.4) is 0 Å². The first-order valence-electron chi connectivity index (χ1n) is 8.23. The number of pyridine rings is 1. The van der Waals surface area contributed by atoms with Crippen molar-refractivity contribution in [3.8, 4) is 5.75 Å². The molecule has 0 fully saturated rings. The van der Waals surface area contributed by atoms with Crippen LogP contribution >= 0.6 is 11.6 Å². The van der Waals surface area contributed by atoms with Gasteiger partial charge in [0.15, 0.2) is 5.78 Å². The standard InChI is InChI=1S/C21H19ClN2O2/c1-26-19-10-8-17(9-11-19)20(25)15-24(21-7-2-3-12-23-21)14-16-5-4-6-18(22)13-16/h2-13H,14-15H2,1H3. The van der Waals surface area contributed by atoms with Crippen LogP contribution in [0.25, 0.3) is 0 Å². The molecule has 3 rings (SSSR count). The normalized spacial score (nSPS) is 10.4. The molecule has 0 spiro atoms. The number of anilines is 1. The Morgan fingerprint density at radius 1 is 1.08 bits per heavy atom. The summed E-state index contributed by atoms with van der Waals surface area (Å²) in [7, 11) is 1.60. The van der Waals surface area contributed by atoms with Crippen LogP contribution in [-0.4, -0.2) is 24.4 Å². The van der Waals surface area contributed by atoms with Crippen LogP contribution in [-0.2, 0) is 6.54 Å². The Hall–Kier alpha value is -2.85. The van der Waals surface area contributed by atoms with Crippen molar-refractivity contribution in [2.24, 2.45) is 0 Å². The van der Waals surface area contributed by atoms with Gasteiger partial charge in [0.25, 0.3) is 0 Å². The molecule has 2 aromatic carbocycles. The van der Waals surface area contributed by atoms with E-state index in [2.05, 4.69) is 4.98 Å². The summed E-state index contributed by atoms with van der Waals surface area (Å²) in [5, 5.41) is 0.671. The molecule has 4 nitrogen and oxygen atoms in total. The Bertz CT molecular complexity index is 867. The number of aromatic nitrogens is 1. The van der Waals surface area contributed by atoms with E-state index in [1.807, 2.05) is 47.4 Å². The number of methoxy groups -OCH3 is 1. The topological polar surface area (TPSA) is 42.4 Å². The van der Waals surface area contributed by atoms with E-state index in [9.17, 15) is 4.79 Å². The summed E-state index contributed by atoms with van der Waals surface area (Å²) in [5.74, 6) is 1.48. The van der Waals surface area contributed by atoms with Gasteiger partial charge in [-0.15, -0.1) is 0 Å². The smallest absolute Gasteiger partial charge is 0.182 e. The number of hydrogen-bond acceptors (Lipinski definition) is 4. The summed E-state index contributed by atoms with van der Waals surface area (Å²) in [5.41, 5.74) is 1.66. The molecule has 1 heterocycles. The van der Waals surface area contributed by atoms with E-state index in [-0.39, 0.29) is 12.3 Å². The van der Waals surface area contributed by atoms with Gasteiger partial charge in [0, 0.05) is 23.3 Å². The van der Waals surface area contributed by atoms with Crippen LogP contribution in [0.1, 0.15) is 15.9 Å². The summed E-state index contributed by atoms with van der Waals surface area (Å²) in [4.78, 5) is 19.1. The summed E-state index contributed by atoms with van der Waals surface area (Å²) < 4.78 is 5.15. The van der Waals surface area contributed by atoms with E-state index < -0.39 is 0 Å². The molecule has 26 heavy (non-hydrogen) atoms. The number of Topliss-reactive ketones (excluding diaryl/α,β-unsaturated/α-hetero) is 1. The van der Waals surface area contributed by atoms with Crippen LogP contribution in [0.2, 0.25) is 5.02 Å². The number of carbonyl (C=O) groups is 1. The molecule has 3 aromatic rings. The van der Waals surface area contributed by atoms with Gasteiger partial charge in [0.2, 0.25) is 0 Å². The average Bonchev–Trinajstić information content (AvgIpc) is 2.68. The van der Waals surface area contributed by atoms with Crippen LogP contribution in [0, 0.1) is 0 Å². The minimum atomic E-state index is 0.0142. The minimum absolute atomic E-state index is 0.0142. The van der Waals surface area contributed by atoms with Crippen molar-refractivity contribution in [1.82, 2.24) is 4.98 Å². The van der Waals surface area contributed by atoms with Gasteiger partial charge in [0.1, 0.15) is 11.6 Å². The van der Waals surface area contributed by atoms with Gasteiger partial charge in [0.05, 0.1) is 13.7 Å². The van der Waals surface area contributed by atoms with Gasteiger partial charge >= 0.3 is 0 Å². The van der Waals surface area contributed by atoms with Crippen LogP contribution in [0.5, 0.6) is 5.75 Å². The maximum Gasteiger partial charge on any atom is 0.182 e. The molecule has 0 aliphatic heterocycles. The Morgan fingerprint density at radius 2 is 1.88 bits per heavy atom. The second kappa shape index (κ2) is 8.50. The number of nitrogens with zero attached hydrogens (tertiary/aromatic N) is 2. The molecule has 0 saturated carbocycles. The monoisotopic (exact) mass is 366 g/mol. The molecule has 0 unspecified atom stereocenters. The molecule has 132 valence electrons. The lowest BCUT2D eigenvalue weighted by atomic mass is 10.1. The van der Waals surface area contributed by atoms with Gasteiger partial charge in [-0.05, 0) is 54.1 Å². The zero-order valence-corrected chi connectivity index (χ0v) is 15.2. The third-order valence-electron chi connectivity index (χ3n) is 3.98. The van der Waals surface area contributed by atoms with Crippen LogP contribution in [0.15, 0.2) is 72.9 Å². The Kier molecular flexibility index (Phi) is 5.87. The fourth-order valence-corrected chi connectivity index (χ4v) is 2.87. The highest BCUT2D eigenvalue weighted by Gasteiger charge is 2.15. The van der Waals surface area contributed by atoms with Crippen molar-refractivity contribution in [3.63, 3.8) is 0 Å². The quantitative estimate of drug-likeness (QED) is 0.571. The van der Waals surface area contributed by atoms with Crippen molar-refractivity contribution < 1.29 is 9.53 Å². The second-order valence-electron chi connectivity index (χ2n) is 5.83. The van der Waals surface area contributed by atoms with Gasteiger partial charge in [-0.3, -0.25) is 4.79 Å². The lowest BCUT2D eigenvalue weighted by Gasteiger charge is -2.23. The van der Waals surface area contributed by atoms with Crippen molar-refractivity contribution in [2.45, 2.75) is 6.54 Å². The van der Waals surface area contributed by atoms with Gasteiger partial charge in [-0.25, -0.2) is 4.98 Å². The first kappa shape index (κ1) is 18.0. The minimum Gasteiger partial charge on any atom is -0.497 e. The lowest BCUT2D eigenvalue weighted by Crippen LogP contribution is -2.30. The van der Waals surface area contributed by atoms with E-state index in [4.69, 9.17) is 16.3 Å². The van der Waals surface area contributed by atoms with Crippen LogP contribution < -0.4 is 9.64 Å². The molecule has 0 saturated heterocycles. The van der Waals surface area contributed by atoms with E-state index in [0.29, 0.717) is 17.1 Å². The van der Waals surface area contributed by atoms with Crippen molar-refractivity contribution in [2.75, 3.05) is 18.6 Å². The Labute approximate surface area is 158 Å². The van der Waals surface area contributed by atoms with Gasteiger partial charge in [-0.1, -0.05) is 29.8 Å². The van der Waals surface area contributed by atoms with Crippen molar-refractivity contribution in [3.05, 3.63) is 89.1 Å². The fourth-order valence-electron chi connectivity index (χ4n) is 2.66.